The fourth-order valence-corrected chi connectivity index (χ4v) is 4.02. The molecule has 1 fully saturated rings. The number of piperazine rings is 1. The van der Waals surface area contributed by atoms with Gasteiger partial charge in [0, 0.05) is 33.2 Å². The first-order chi connectivity index (χ1) is 12.3. The minimum Gasteiger partial charge on any atom is -0.352 e. The standard InChI is InChI=1S/C19H22N6/c1-23-17-8-3-2-6-16(17)20-19(23)25-11-9-24(10-12-25)18-13-14-5-4-7-15(14)21-22-18/h2-3,6,8,13H,4-5,7,9-12H2,1H3. The van der Waals surface area contributed by atoms with Crippen LogP contribution >= 0.6 is 0 Å². The van der Waals surface area contributed by atoms with Gasteiger partial charge in [-0.15, -0.1) is 5.10 Å². The van der Waals surface area contributed by atoms with Gasteiger partial charge in [-0.25, -0.2) is 4.98 Å². The Morgan fingerprint density at radius 2 is 1.72 bits per heavy atom. The molecule has 3 heterocycles. The van der Waals surface area contributed by atoms with Gasteiger partial charge >= 0.3 is 0 Å². The smallest absolute Gasteiger partial charge is 0.206 e. The van der Waals surface area contributed by atoms with Crippen LogP contribution in [0.2, 0.25) is 0 Å². The minimum atomic E-state index is 0.954. The van der Waals surface area contributed by atoms with Gasteiger partial charge in [0.15, 0.2) is 5.82 Å². The first kappa shape index (κ1) is 14.7. The average molecular weight is 334 g/mol. The first-order valence-corrected chi connectivity index (χ1v) is 9.06. The molecule has 2 aromatic heterocycles. The van der Waals surface area contributed by atoms with Crippen molar-refractivity contribution in [1.29, 1.82) is 0 Å². The van der Waals surface area contributed by atoms with Gasteiger partial charge in [0.2, 0.25) is 5.95 Å². The molecule has 128 valence electrons. The van der Waals surface area contributed by atoms with Crippen molar-refractivity contribution in [2.45, 2.75) is 19.3 Å². The van der Waals surface area contributed by atoms with Crippen molar-refractivity contribution in [3.05, 3.63) is 41.6 Å². The van der Waals surface area contributed by atoms with Crippen LogP contribution in [-0.2, 0) is 19.9 Å². The normalized spacial score (nSPS) is 17.3. The van der Waals surface area contributed by atoms with Gasteiger partial charge in [-0.1, -0.05) is 12.1 Å². The van der Waals surface area contributed by atoms with E-state index in [1.165, 1.54) is 23.2 Å². The maximum atomic E-state index is 4.82. The summed E-state index contributed by atoms with van der Waals surface area (Å²) in [6.07, 6.45) is 3.45. The second kappa shape index (κ2) is 5.72. The van der Waals surface area contributed by atoms with Crippen molar-refractivity contribution in [3.8, 4) is 0 Å². The summed E-state index contributed by atoms with van der Waals surface area (Å²) in [5.41, 5.74) is 4.83. The first-order valence-electron chi connectivity index (χ1n) is 9.06. The van der Waals surface area contributed by atoms with Crippen LogP contribution in [0.3, 0.4) is 0 Å². The van der Waals surface area contributed by atoms with E-state index in [0.717, 1.165) is 56.3 Å². The molecule has 1 saturated heterocycles. The van der Waals surface area contributed by atoms with E-state index < -0.39 is 0 Å². The Kier molecular flexibility index (Phi) is 3.36. The fourth-order valence-electron chi connectivity index (χ4n) is 4.02. The maximum absolute atomic E-state index is 4.82. The topological polar surface area (TPSA) is 50.1 Å². The molecule has 2 aliphatic rings. The van der Waals surface area contributed by atoms with Crippen molar-refractivity contribution in [2.24, 2.45) is 7.05 Å². The summed E-state index contributed by atoms with van der Waals surface area (Å²) >= 11 is 0. The fraction of sp³-hybridized carbons (Fsp3) is 0.421. The van der Waals surface area contributed by atoms with E-state index in [1.807, 2.05) is 6.07 Å². The molecule has 0 radical (unpaired) electrons. The Hall–Kier alpha value is -2.63. The van der Waals surface area contributed by atoms with Crippen molar-refractivity contribution < 1.29 is 0 Å². The molecule has 0 atom stereocenters. The molecular weight excluding hydrogens is 312 g/mol. The van der Waals surface area contributed by atoms with Crippen LogP contribution in [0.25, 0.3) is 11.0 Å². The molecule has 0 spiro atoms. The van der Waals surface area contributed by atoms with E-state index >= 15 is 0 Å². The highest BCUT2D eigenvalue weighted by molar-refractivity contribution is 5.78. The van der Waals surface area contributed by atoms with E-state index in [2.05, 4.69) is 55.9 Å². The van der Waals surface area contributed by atoms with Gasteiger partial charge in [-0.3, -0.25) is 0 Å². The molecule has 5 rings (SSSR count). The molecule has 0 saturated carbocycles. The Morgan fingerprint density at radius 1 is 0.920 bits per heavy atom. The number of para-hydroxylation sites is 2. The Morgan fingerprint density at radius 3 is 2.56 bits per heavy atom. The van der Waals surface area contributed by atoms with E-state index in [0.29, 0.717) is 0 Å². The van der Waals surface area contributed by atoms with E-state index in [-0.39, 0.29) is 0 Å². The second-order valence-corrected chi connectivity index (χ2v) is 6.96. The number of aromatic nitrogens is 4. The lowest BCUT2D eigenvalue weighted by Crippen LogP contribution is -2.47. The van der Waals surface area contributed by atoms with E-state index in [9.17, 15) is 0 Å². The summed E-state index contributed by atoms with van der Waals surface area (Å²) in [5, 5.41) is 8.89. The quantitative estimate of drug-likeness (QED) is 0.719. The summed E-state index contributed by atoms with van der Waals surface area (Å²) in [6.45, 7) is 3.82. The summed E-state index contributed by atoms with van der Waals surface area (Å²) in [6, 6.07) is 10.6. The van der Waals surface area contributed by atoms with Crippen LogP contribution in [0.4, 0.5) is 11.8 Å². The number of hydrogen-bond donors (Lipinski definition) is 0. The van der Waals surface area contributed by atoms with E-state index in [1.54, 1.807) is 0 Å². The number of nitrogens with zero attached hydrogens (tertiary/aromatic N) is 6. The zero-order valence-corrected chi connectivity index (χ0v) is 14.5. The van der Waals surface area contributed by atoms with Crippen LogP contribution in [0.5, 0.6) is 0 Å². The Balaban J connectivity index is 1.34. The van der Waals surface area contributed by atoms with Crippen molar-refractivity contribution in [1.82, 2.24) is 19.7 Å². The average Bonchev–Trinajstić information content (AvgIpc) is 3.26. The number of hydrogen-bond acceptors (Lipinski definition) is 5. The largest absolute Gasteiger partial charge is 0.352 e. The number of anilines is 2. The Bertz CT molecular complexity index is 923. The lowest BCUT2D eigenvalue weighted by Gasteiger charge is -2.35. The van der Waals surface area contributed by atoms with Crippen LogP contribution in [0.15, 0.2) is 30.3 Å². The van der Waals surface area contributed by atoms with Gasteiger partial charge in [-0.2, -0.15) is 5.10 Å². The third-order valence-electron chi connectivity index (χ3n) is 5.46. The predicted octanol–water partition coefficient (Wildman–Crippen LogP) is 2.18. The molecule has 1 aliphatic carbocycles. The number of fused-ring (bicyclic) bond motifs is 2. The Labute approximate surface area is 147 Å². The molecule has 6 heteroatoms. The van der Waals surface area contributed by atoms with Crippen molar-refractivity contribution >= 4 is 22.8 Å². The molecule has 1 aliphatic heterocycles. The van der Waals surface area contributed by atoms with Gasteiger partial charge in [-0.05, 0) is 43.0 Å². The molecule has 0 unspecified atom stereocenters. The molecule has 1 aromatic carbocycles. The van der Waals surface area contributed by atoms with Gasteiger partial charge in [0.1, 0.15) is 0 Å². The highest BCUT2D eigenvalue weighted by Gasteiger charge is 2.23. The highest BCUT2D eigenvalue weighted by Crippen LogP contribution is 2.25. The summed E-state index contributed by atoms with van der Waals surface area (Å²) < 4.78 is 2.19. The van der Waals surface area contributed by atoms with E-state index in [4.69, 9.17) is 4.98 Å². The number of imidazole rings is 1. The zero-order chi connectivity index (χ0) is 16.8. The molecule has 25 heavy (non-hydrogen) atoms. The monoisotopic (exact) mass is 334 g/mol. The molecule has 3 aromatic rings. The van der Waals surface area contributed by atoms with Gasteiger partial charge in [0.25, 0.3) is 0 Å². The third-order valence-corrected chi connectivity index (χ3v) is 5.46. The minimum absolute atomic E-state index is 0.954. The number of aryl methyl sites for hydroxylation is 3. The lowest BCUT2D eigenvalue weighted by atomic mass is 10.2. The molecule has 0 bridgehead atoms. The predicted molar refractivity (Wildman–Crippen MR) is 99.2 cm³/mol. The second-order valence-electron chi connectivity index (χ2n) is 6.96. The van der Waals surface area contributed by atoms with Crippen LogP contribution in [0, 0.1) is 0 Å². The summed E-state index contributed by atoms with van der Waals surface area (Å²) in [7, 11) is 2.10. The van der Waals surface area contributed by atoms with Crippen molar-refractivity contribution in [2.75, 3.05) is 36.0 Å². The van der Waals surface area contributed by atoms with Crippen LogP contribution in [-0.4, -0.2) is 45.9 Å². The third kappa shape index (κ3) is 2.44. The summed E-state index contributed by atoms with van der Waals surface area (Å²) in [5.74, 6) is 2.09. The molecule has 6 nitrogen and oxygen atoms in total. The summed E-state index contributed by atoms with van der Waals surface area (Å²) in [4.78, 5) is 9.55. The zero-order valence-electron chi connectivity index (χ0n) is 14.5. The maximum Gasteiger partial charge on any atom is 0.206 e. The molecular formula is C19H22N6. The SMILES string of the molecule is Cn1c(N2CCN(c3cc4c(nn3)CCC4)CC2)nc2ccccc21. The van der Waals surface area contributed by atoms with Crippen LogP contribution < -0.4 is 9.80 Å². The van der Waals surface area contributed by atoms with Gasteiger partial charge < -0.3 is 14.4 Å². The number of rotatable bonds is 2. The molecule has 0 amide bonds. The highest BCUT2D eigenvalue weighted by atomic mass is 15.4. The van der Waals surface area contributed by atoms with Crippen LogP contribution in [0.1, 0.15) is 17.7 Å². The van der Waals surface area contributed by atoms with Gasteiger partial charge in [0.05, 0.1) is 16.7 Å². The van der Waals surface area contributed by atoms with Crippen molar-refractivity contribution in [3.63, 3.8) is 0 Å². The lowest BCUT2D eigenvalue weighted by molar-refractivity contribution is 0.623. The number of benzene rings is 1. The molecule has 0 N–H and O–H groups in total.